The fourth-order valence-electron chi connectivity index (χ4n) is 2.54. The van der Waals surface area contributed by atoms with Gasteiger partial charge in [-0.05, 0) is 24.3 Å². The van der Waals surface area contributed by atoms with Crippen LogP contribution in [0, 0.1) is 0 Å². The molecule has 1 aromatic carbocycles. The van der Waals surface area contributed by atoms with Gasteiger partial charge < -0.3 is 9.15 Å². The highest BCUT2D eigenvalue weighted by molar-refractivity contribution is 5.59. The molecule has 0 amide bonds. The largest absolute Gasteiger partial charge is 0.497 e. The van der Waals surface area contributed by atoms with E-state index in [0.717, 1.165) is 11.3 Å². The van der Waals surface area contributed by atoms with Crippen molar-refractivity contribution in [3.8, 4) is 28.5 Å². The van der Waals surface area contributed by atoms with Crippen LogP contribution in [0.15, 0.2) is 53.2 Å². The minimum absolute atomic E-state index is 0.00424. The van der Waals surface area contributed by atoms with Gasteiger partial charge in [0, 0.05) is 11.8 Å². The van der Waals surface area contributed by atoms with Crippen molar-refractivity contribution in [3.05, 3.63) is 60.4 Å². The van der Waals surface area contributed by atoms with E-state index in [1.807, 2.05) is 24.3 Å². The van der Waals surface area contributed by atoms with E-state index in [1.54, 1.807) is 30.1 Å². The molecular weight excluding hydrogens is 370 g/mol. The molecule has 3 heterocycles. The first-order chi connectivity index (χ1) is 13.6. The van der Waals surface area contributed by atoms with Gasteiger partial charge in [-0.1, -0.05) is 17.3 Å². The van der Waals surface area contributed by atoms with Crippen molar-refractivity contribution in [2.45, 2.75) is 13.0 Å². The fraction of sp³-hybridized carbons (Fsp3) is 0.167. The molecule has 4 aromatic rings. The highest BCUT2D eigenvalue weighted by Crippen LogP contribution is 2.23. The second-order valence-corrected chi connectivity index (χ2v) is 5.82. The second-order valence-electron chi connectivity index (χ2n) is 5.82. The second kappa shape index (κ2) is 7.51. The Hall–Kier alpha value is -3.69. The van der Waals surface area contributed by atoms with Crippen molar-refractivity contribution in [2.75, 3.05) is 7.11 Å². The Bertz CT molecular complexity index is 1080. The third-order valence-corrected chi connectivity index (χ3v) is 3.93. The first-order valence-electron chi connectivity index (χ1n) is 8.24. The molecule has 8 nitrogen and oxygen atoms in total. The van der Waals surface area contributed by atoms with Crippen molar-refractivity contribution >= 4 is 0 Å². The molecule has 0 aliphatic heterocycles. The van der Waals surface area contributed by atoms with Crippen molar-refractivity contribution in [2.24, 2.45) is 0 Å². The smallest absolute Gasteiger partial charge is 0.314 e. The predicted octanol–water partition coefficient (Wildman–Crippen LogP) is 3.38. The van der Waals surface area contributed by atoms with Gasteiger partial charge in [-0.15, -0.1) is 15.3 Å². The topological polar surface area (TPSA) is 91.8 Å². The predicted molar refractivity (Wildman–Crippen MR) is 93.6 cm³/mol. The van der Waals surface area contributed by atoms with Crippen molar-refractivity contribution in [3.63, 3.8) is 0 Å². The molecule has 0 spiro atoms. The molecule has 142 valence electrons. The Morgan fingerprint density at radius 1 is 1.11 bits per heavy atom. The zero-order valence-electron chi connectivity index (χ0n) is 14.7. The first kappa shape index (κ1) is 17.7. The molecule has 10 heteroatoms. The van der Waals surface area contributed by atoms with Crippen LogP contribution in [0.2, 0.25) is 0 Å². The van der Waals surface area contributed by atoms with Crippen LogP contribution in [0.4, 0.5) is 8.78 Å². The number of hydrogen-bond donors (Lipinski definition) is 0. The lowest BCUT2D eigenvalue weighted by molar-refractivity contribution is 0.116. The monoisotopic (exact) mass is 384 g/mol. The Morgan fingerprint density at radius 3 is 2.71 bits per heavy atom. The molecule has 4 rings (SSSR count). The standard InChI is InChI=1S/C18H14F2N6O2/c1-27-14-4-2-3-11(7-14)15-10-26(25-22-15)9-13-6-5-12(8-21-13)17-23-24-18(28-17)16(19)20/h2-8,10,16H,9H2,1H3. The lowest BCUT2D eigenvalue weighted by Crippen LogP contribution is -2.02. The normalized spacial score (nSPS) is 11.1. The number of aromatic nitrogens is 6. The van der Waals surface area contributed by atoms with Crippen LogP contribution in [-0.4, -0.2) is 37.3 Å². The minimum Gasteiger partial charge on any atom is -0.497 e. The van der Waals surface area contributed by atoms with Gasteiger partial charge in [0.1, 0.15) is 11.4 Å². The maximum atomic E-state index is 12.5. The van der Waals surface area contributed by atoms with Crippen molar-refractivity contribution < 1.29 is 17.9 Å². The summed E-state index contributed by atoms with van der Waals surface area (Å²) in [7, 11) is 1.61. The maximum Gasteiger partial charge on any atom is 0.314 e. The maximum absolute atomic E-state index is 12.5. The summed E-state index contributed by atoms with van der Waals surface area (Å²) in [6.07, 6.45) is 0.481. The van der Waals surface area contributed by atoms with Crippen LogP contribution in [0.3, 0.4) is 0 Å². The molecule has 0 fully saturated rings. The molecule has 0 aliphatic rings. The summed E-state index contributed by atoms with van der Waals surface area (Å²) in [5.41, 5.74) is 2.76. The zero-order chi connectivity index (χ0) is 19.5. The molecule has 0 saturated carbocycles. The Labute approximate surface area is 157 Å². The quantitative estimate of drug-likeness (QED) is 0.503. The number of hydrogen-bond acceptors (Lipinski definition) is 7. The molecule has 0 unspecified atom stereocenters. The van der Waals surface area contributed by atoms with Crippen molar-refractivity contribution in [1.82, 2.24) is 30.2 Å². The SMILES string of the molecule is COc1cccc(-c2cn(Cc3ccc(-c4nnc(C(F)F)o4)cn3)nn2)c1. The van der Waals surface area contributed by atoms with Gasteiger partial charge in [-0.2, -0.15) is 8.78 Å². The molecule has 0 saturated heterocycles. The van der Waals surface area contributed by atoms with Crippen LogP contribution in [0.1, 0.15) is 18.0 Å². The average molecular weight is 384 g/mol. The fourth-order valence-corrected chi connectivity index (χ4v) is 2.54. The Kier molecular flexibility index (Phi) is 4.75. The van der Waals surface area contributed by atoms with Crippen LogP contribution in [0.25, 0.3) is 22.7 Å². The van der Waals surface area contributed by atoms with E-state index in [-0.39, 0.29) is 5.89 Å². The van der Waals surface area contributed by atoms with E-state index in [2.05, 4.69) is 25.5 Å². The molecule has 0 radical (unpaired) electrons. The number of benzene rings is 1. The van der Waals surface area contributed by atoms with Crippen molar-refractivity contribution in [1.29, 1.82) is 0 Å². The van der Waals surface area contributed by atoms with E-state index in [0.29, 0.717) is 23.5 Å². The summed E-state index contributed by atoms with van der Waals surface area (Å²) < 4.78 is 36.8. The average Bonchev–Trinajstić information content (AvgIpc) is 3.39. The zero-order valence-corrected chi connectivity index (χ0v) is 14.7. The third kappa shape index (κ3) is 3.70. The highest BCUT2D eigenvalue weighted by atomic mass is 19.3. The number of alkyl halides is 2. The van der Waals surface area contributed by atoms with Gasteiger partial charge in [-0.25, -0.2) is 4.68 Å². The number of rotatable bonds is 6. The third-order valence-electron chi connectivity index (χ3n) is 3.93. The summed E-state index contributed by atoms with van der Waals surface area (Å²) in [5, 5.41) is 15.2. The summed E-state index contributed by atoms with van der Waals surface area (Å²) in [6.45, 7) is 0.392. The van der Waals surface area contributed by atoms with Gasteiger partial charge in [0.05, 0.1) is 31.1 Å². The molecule has 3 aromatic heterocycles. The van der Waals surface area contributed by atoms with E-state index < -0.39 is 12.3 Å². The Balaban J connectivity index is 1.48. The summed E-state index contributed by atoms with van der Waals surface area (Å²) >= 11 is 0. The number of nitrogens with zero attached hydrogens (tertiary/aromatic N) is 6. The minimum atomic E-state index is -2.81. The van der Waals surface area contributed by atoms with Crippen LogP contribution in [0.5, 0.6) is 5.75 Å². The van der Waals surface area contributed by atoms with Crippen LogP contribution < -0.4 is 4.74 Å². The highest BCUT2D eigenvalue weighted by Gasteiger charge is 2.17. The first-order valence-corrected chi connectivity index (χ1v) is 8.24. The lowest BCUT2D eigenvalue weighted by Gasteiger charge is -2.02. The number of pyridine rings is 1. The summed E-state index contributed by atoms with van der Waals surface area (Å²) in [5.74, 6) is 0.0162. The van der Waals surface area contributed by atoms with Crippen LogP contribution >= 0.6 is 0 Å². The molecule has 0 N–H and O–H groups in total. The lowest BCUT2D eigenvalue weighted by atomic mass is 10.1. The number of ether oxygens (including phenoxy) is 1. The van der Waals surface area contributed by atoms with E-state index in [4.69, 9.17) is 9.15 Å². The van der Waals surface area contributed by atoms with Gasteiger partial charge in [0.25, 0.3) is 5.89 Å². The Morgan fingerprint density at radius 2 is 2.00 bits per heavy atom. The number of methoxy groups -OCH3 is 1. The molecule has 0 bridgehead atoms. The summed E-state index contributed by atoms with van der Waals surface area (Å²) in [6, 6.07) is 10.9. The molecule has 28 heavy (non-hydrogen) atoms. The van der Waals surface area contributed by atoms with E-state index in [1.165, 1.54) is 6.20 Å². The molecular formula is C18H14F2N6O2. The van der Waals surface area contributed by atoms with E-state index >= 15 is 0 Å². The van der Waals surface area contributed by atoms with E-state index in [9.17, 15) is 8.78 Å². The van der Waals surface area contributed by atoms with Gasteiger partial charge in [-0.3, -0.25) is 4.98 Å². The summed E-state index contributed by atoms with van der Waals surface area (Å²) in [4.78, 5) is 4.29. The van der Waals surface area contributed by atoms with Gasteiger partial charge in [0.2, 0.25) is 5.89 Å². The molecule has 0 aliphatic carbocycles. The van der Waals surface area contributed by atoms with Gasteiger partial charge in [0.15, 0.2) is 0 Å². The molecule has 0 atom stereocenters. The van der Waals surface area contributed by atoms with Gasteiger partial charge >= 0.3 is 6.43 Å². The van der Waals surface area contributed by atoms with Crippen LogP contribution in [-0.2, 0) is 6.54 Å². The number of halogens is 2.